The summed E-state index contributed by atoms with van der Waals surface area (Å²) >= 11 is 0. The summed E-state index contributed by atoms with van der Waals surface area (Å²) in [5.74, 6) is 0. The van der Waals surface area contributed by atoms with Crippen molar-refractivity contribution in [3.05, 3.63) is 188 Å². The van der Waals surface area contributed by atoms with E-state index in [-0.39, 0.29) is 0 Å². The molecule has 0 fully saturated rings. The third-order valence-corrected chi connectivity index (χ3v) is 10.0. The second-order valence-electron chi connectivity index (χ2n) is 12.9. The first-order chi connectivity index (χ1) is 24.8. The fourth-order valence-corrected chi connectivity index (χ4v) is 7.62. The zero-order valence-electron chi connectivity index (χ0n) is 27.2. The molecule has 0 N–H and O–H groups in total. The van der Waals surface area contributed by atoms with Crippen molar-refractivity contribution in [2.75, 3.05) is 0 Å². The van der Waals surface area contributed by atoms with E-state index in [4.69, 9.17) is 0 Å². The van der Waals surface area contributed by atoms with Crippen molar-refractivity contribution >= 4 is 43.6 Å². The average Bonchev–Trinajstić information content (AvgIpc) is 3.71. The number of benzene rings is 7. The molecule has 3 heteroatoms. The molecule has 50 heavy (non-hydrogen) atoms. The lowest BCUT2D eigenvalue weighted by Gasteiger charge is -2.10. The lowest BCUT2D eigenvalue weighted by molar-refractivity contribution is 1.17. The molecule has 3 aromatic heterocycles. The Hall–Kier alpha value is -6.71. The molecule has 0 aliphatic heterocycles. The molecule has 0 bridgehead atoms. The molecule has 0 saturated carbocycles. The molecule has 0 atom stereocenters. The average molecular weight is 638 g/mol. The Labute approximate surface area is 290 Å². The van der Waals surface area contributed by atoms with E-state index < -0.39 is 0 Å². The number of rotatable bonds is 5. The molecule has 3 nitrogen and oxygen atoms in total. The summed E-state index contributed by atoms with van der Waals surface area (Å²) in [6.45, 7) is 0. The van der Waals surface area contributed by atoms with E-state index in [1.165, 1.54) is 71.5 Å². The Balaban J connectivity index is 1.08. The van der Waals surface area contributed by atoms with Gasteiger partial charge in [-0.2, -0.15) is 0 Å². The van der Waals surface area contributed by atoms with Crippen LogP contribution in [0.5, 0.6) is 0 Å². The quantitative estimate of drug-likeness (QED) is 0.184. The van der Waals surface area contributed by atoms with E-state index in [1.54, 1.807) is 0 Å². The zero-order valence-corrected chi connectivity index (χ0v) is 27.2. The van der Waals surface area contributed by atoms with Gasteiger partial charge in [0.2, 0.25) is 0 Å². The predicted octanol–water partition coefficient (Wildman–Crippen LogP) is 12.3. The molecule has 0 spiro atoms. The Morgan fingerprint density at radius 3 is 1.28 bits per heavy atom. The minimum Gasteiger partial charge on any atom is -0.309 e. The maximum atomic E-state index is 4.53. The molecular formula is C47H31N3. The minimum absolute atomic E-state index is 1.10. The normalized spacial score (nSPS) is 11.6. The van der Waals surface area contributed by atoms with Gasteiger partial charge in [0, 0.05) is 39.1 Å². The van der Waals surface area contributed by atoms with Crippen LogP contribution in [-0.4, -0.2) is 14.1 Å². The largest absolute Gasteiger partial charge is 0.309 e. The second-order valence-corrected chi connectivity index (χ2v) is 12.9. The Kier molecular flexibility index (Phi) is 6.49. The summed E-state index contributed by atoms with van der Waals surface area (Å²) < 4.78 is 4.71. The molecule has 0 aliphatic rings. The fraction of sp³-hybridized carbons (Fsp3) is 0. The Morgan fingerprint density at radius 2 is 0.720 bits per heavy atom. The smallest absolute Gasteiger partial charge is 0.0724 e. The van der Waals surface area contributed by atoms with Gasteiger partial charge in [-0.3, -0.25) is 4.98 Å². The lowest BCUT2D eigenvalue weighted by Crippen LogP contribution is -1.94. The van der Waals surface area contributed by atoms with Crippen LogP contribution in [0.3, 0.4) is 0 Å². The second kappa shape index (κ2) is 11.5. The van der Waals surface area contributed by atoms with Gasteiger partial charge in [-0.05, 0) is 94.0 Å². The number of aromatic nitrogens is 3. The van der Waals surface area contributed by atoms with Crippen LogP contribution in [0.2, 0.25) is 0 Å². The van der Waals surface area contributed by atoms with E-state index in [1.807, 2.05) is 12.4 Å². The highest BCUT2D eigenvalue weighted by atomic mass is 15.0. The van der Waals surface area contributed by atoms with Crippen LogP contribution in [0, 0.1) is 0 Å². The van der Waals surface area contributed by atoms with Gasteiger partial charge in [-0.1, -0.05) is 115 Å². The maximum Gasteiger partial charge on any atom is 0.0724 e. The Bertz CT molecular complexity index is 2630. The van der Waals surface area contributed by atoms with Crippen LogP contribution >= 0.6 is 0 Å². The van der Waals surface area contributed by atoms with E-state index in [9.17, 15) is 0 Å². The van der Waals surface area contributed by atoms with Crippen LogP contribution < -0.4 is 0 Å². The molecule has 234 valence electrons. The van der Waals surface area contributed by atoms with Gasteiger partial charge in [0.1, 0.15) is 0 Å². The van der Waals surface area contributed by atoms with Crippen LogP contribution in [-0.2, 0) is 0 Å². The highest BCUT2D eigenvalue weighted by molar-refractivity contribution is 6.12. The number of pyridine rings is 1. The summed E-state index contributed by atoms with van der Waals surface area (Å²) in [5.41, 5.74) is 14.2. The van der Waals surface area contributed by atoms with Crippen molar-refractivity contribution in [2.45, 2.75) is 0 Å². The van der Waals surface area contributed by atoms with Crippen LogP contribution in [0.1, 0.15) is 0 Å². The zero-order chi connectivity index (χ0) is 33.0. The number of para-hydroxylation sites is 1. The summed E-state index contributed by atoms with van der Waals surface area (Å²) in [6.07, 6.45) is 3.87. The van der Waals surface area contributed by atoms with Crippen LogP contribution in [0.4, 0.5) is 0 Å². The third kappa shape index (κ3) is 4.56. The van der Waals surface area contributed by atoms with Crippen molar-refractivity contribution in [3.63, 3.8) is 0 Å². The number of hydrogen-bond donors (Lipinski definition) is 0. The van der Waals surface area contributed by atoms with Crippen molar-refractivity contribution in [2.24, 2.45) is 0 Å². The summed E-state index contributed by atoms with van der Waals surface area (Å²) in [7, 11) is 0. The van der Waals surface area contributed by atoms with Gasteiger partial charge in [-0.25, -0.2) is 0 Å². The van der Waals surface area contributed by atoms with Crippen molar-refractivity contribution in [1.82, 2.24) is 14.1 Å². The van der Waals surface area contributed by atoms with E-state index in [0.717, 1.165) is 16.9 Å². The van der Waals surface area contributed by atoms with Gasteiger partial charge in [-0.15, -0.1) is 0 Å². The topological polar surface area (TPSA) is 22.8 Å². The first-order valence-electron chi connectivity index (χ1n) is 17.0. The Morgan fingerprint density at radius 1 is 0.300 bits per heavy atom. The summed E-state index contributed by atoms with van der Waals surface area (Å²) in [6, 6.07) is 63.4. The van der Waals surface area contributed by atoms with Crippen molar-refractivity contribution in [1.29, 1.82) is 0 Å². The monoisotopic (exact) mass is 637 g/mol. The molecule has 10 rings (SSSR count). The van der Waals surface area contributed by atoms with Gasteiger partial charge in [0.15, 0.2) is 0 Å². The molecule has 0 radical (unpaired) electrons. The number of hydrogen-bond acceptors (Lipinski definition) is 1. The minimum atomic E-state index is 1.10. The maximum absolute atomic E-state index is 4.53. The first-order valence-corrected chi connectivity index (χ1v) is 17.0. The van der Waals surface area contributed by atoms with Gasteiger partial charge in [0.25, 0.3) is 0 Å². The number of nitrogens with zero attached hydrogens (tertiary/aromatic N) is 3. The number of fused-ring (bicyclic) bond motifs is 6. The molecule has 0 saturated heterocycles. The van der Waals surface area contributed by atoms with Crippen molar-refractivity contribution in [3.8, 4) is 44.8 Å². The van der Waals surface area contributed by atoms with E-state index in [2.05, 4.69) is 190 Å². The van der Waals surface area contributed by atoms with Gasteiger partial charge in [0.05, 0.1) is 28.3 Å². The molecular weight excluding hydrogens is 607 g/mol. The summed E-state index contributed by atoms with van der Waals surface area (Å²) in [5, 5.41) is 4.91. The van der Waals surface area contributed by atoms with Crippen molar-refractivity contribution < 1.29 is 0 Å². The standard InChI is InChI=1S/C47H31N3/c1-3-9-32(10-4-1)34-15-21-38(22-16-34)49-44-14-8-7-13-40(44)42-29-36(19-25-45(42)49)37-20-26-46-43(30-37)41-27-28-48-31-47(41)50(46)39-23-17-35(18-24-39)33-11-5-2-6-12-33/h1-31H. The van der Waals surface area contributed by atoms with E-state index in [0.29, 0.717) is 0 Å². The highest BCUT2D eigenvalue weighted by Gasteiger charge is 2.16. The predicted molar refractivity (Wildman–Crippen MR) is 209 cm³/mol. The van der Waals surface area contributed by atoms with Crippen LogP contribution in [0.25, 0.3) is 88.4 Å². The molecule has 3 heterocycles. The highest BCUT2D eigenvalue weighted by Crippen LogP contribution is 2.38. The molecule has 0 unspecified atom stereocenters. The van der Waals surface area contributed by atoms with Gasteiger partial charge < -0.3 is 9.13 Å². The molecule has 10 aromatic rings. The molecule has 7 aromatic carbocycles. The SMILES string of the molecule is c1ccc(-c2ccc(-n3c4ccccc4c4cc(-c5ccc6c(c5)c5ccncc5n6-c5ccc(-c6ccccc6)cc5)ccc43)cc2)cc1. The van der Waals surface area contributed by atoms with Crippen LogP contribution in [0.15, 0.2) is 188 Å². The summed E-state index contributed by atoms with van der Waals surface area (Å²) in [4.78, 5) is 4.53. The third-order valence-electron chi connectivity index (χ3n) is 10.0. The molecule has 0 amide bonds. The first kappa shape index (κ1) is 28.3. The van der Waals surface area contributed by atoms with E-state index >= 15 is 0 Å². The lowest BCUT2D eigenvalue weighted by atomic mass is 10.0. The van der Waals surface area contributed by atoms with Gasteiger partial charge >= 0.3 is 0 Å². The molecule has 0 aliphatic carbocycles. The fourth-order valence-electron chi connectivity index (χ4n) is 7.62.